The van der Waals surface area contributed by atoms with E-state index in [1.165, 1.54) is 0 Å². The van der Waals surface area contributed by atoms with Crippen LogP contribution < -0.4 is 4.90 Å². The highest BCUT2D eigenvalue weighted by molar-refractivity contribution is 5.95. The zero-order chi connectivity index (χ0) is 19.1. The van der Waals surface area contributed by atoms with Crippen LogP contribution in [0.15, 0.2) is 43.0 Å². The third kappa shape index (κ3) is 3.01. The first kappa shape index (κ1) is 16.9. The largest absolute Gasteiger partial charge is 0.372 e. The maximum atomic E-state index is 5.84. The molecule has 1 aliphatic heterocycles. The normalized spacial score (nSPS) is 20.0. The molecule has 0 amide bonds. The molecular weight excluding hydrogens is 354 g/mol. The molecule has 0 bridgehead atoms. The minimum atomic E-state index is 0.172. The SMILES string of the molecule is CC1CN(c2cc(-c3n[nH]c4ccc(-c5cn[nH]c5)cc34)ncn2)C[C@@H](C)O1. The van der Waals surface area contributed by atoms with E-state index in [9.17, 15) is 0 Å². The number of aromatic nitrogens is 6. The lowest BCUT2D eigenvalue weighted by atomic mass is 10.1. The Balaban J connectivity index is 1.54. The maximum absolute atomic E-state index is 5.84. The van der Waals surface area contributed by atoms with Gasteiger partial charge >= 0.3 is 0 Å². The molecular formula is C20H21N7O. The van der Waals surface area contributed by atoms with Gasteiger partial charge in [-0.15, -0.1) is 0 Å². The molecule has 3 aromatic heterocycles. The Morgan fingerprint density at radius 3 is 2.71 bits per heavy atom. The van der Waals surface area contributed by atoms with Gasteiger partial charge in [0.25, 0.3) is 0 Å². The molecule has 28 heavy (non-hydrogen) atoms. The maximum Gasteiger partial charge on any atom is 0.132 e. The van der Waals surface area contributed by atoms with Crippen molar-refractivity contribution in [2.24, 2.45) is 0 Å². The second-order valence-electron chi connectivity index (χ2n) is 7.24. The van der Waals surface area contributed by atoms with E-state index in [1.54, 1.807) is 6.33 Å². The smallest absolute Gasteiger partial charge is 0.132 e. The van der Waals surface area contributed by atoms with Crippen LogP contribution in [0.3, 0.4) is 0 Å². The Morgan fingerprint density at radius 1 is 1.07 bits per heavy atom. The number of hydrogen-bond donors (Lipinski definition) is 2. The number of rotatable bonds is 3. The summed E-state index contributed by atoms with van der Waals surface area (Å²) in [6.07, 6.45) is 5.64. The van der Waals surface area contributed by atoms with Crippen LogP contribution in [-0.2, 0) is 4.74 Å². The molecule has 4 aromatic rings. The van der Waals surface area contributed by atoms with Gasteiger partial charge < -0.3 is 9.64 Å². The Morgan fingerprint density at radius 2 is 1.93 bits per heavy atom. The first-order valence-corrected chi connectivity index (χ1v) is 9.37. The molecule has 1 aliphatic rings. The highest BCUT2D eigenvalue weighted by Gasteiger charge is 2.24. The molecule has 1 unspecified atom stereocenters. The van der Waals surface area contributed by atoms with E-state index in [0.717, 1.165) is 52.3 Å². The van der Waals surface area contributed by atoms with Crippen molar-refractivity contribution in [2.75, 3.05) is 18.0 Å². The molecule has 1 saturated heterocycles. The van der Waals surface area contributed by atoms with Crippen LogP contribution >= 0.6 is 0 Å². The summed E-state index contributed by atoms with van der Waals surface area (Å²) in [4.78, 5) is 11.2. The van der Waals surface area contributed by atoms with Gasteiger partial charge in [-0.2, -0.15) is 10.2 Å². The molecule has 2 atom stereocenters. The Kier molecular flexibility index (Phi) is 4.05. The van der Waals surface area contributed by atoms with Gasteiger partial charge in [-0.3, -0.25) is 10.2 Å². The molecule has 1 aromatic carbocycles. The van der Waals surface area contributed by atoms with Crippen LogP contribution in [0.5, 0.6) is 0 Å². The van der Waals surface area contributed by atoms with E-state index in [-0.39, 0.29) is 12.2 Å². The molecule has 5 rings (SSSR count). The summed E-state index contributed by atoms with van der Waals surface area (Å²) in [7, 11) is 0. The molecule has 0 saturated carbocycles. The van der Waals surface area contributed by atoms with Crippen molar-refractivity contribution in [3.8, 4) is 22.5 Å². The average Bonchev–Trinajstić information content (AvgIpc) is 3.37. The number of nitrogens with zero attached hydrogens (tertiary/aromatic N) is 5. The number of aromatic amines is 2. The standard InChI is InChI=1S/C20H21N7O/c1-12-9-27(10-13(2)28-12)19-6-18(21-11-22-19)20-16-5-14(15-7-23-24-8-15)3-4-17(16)25-26-20/h3-8,11-13H,9-10H2,1-2H3,(H,23,24)(H,25,26)/t12-,13?/m1/s1. The van der Waals surface area contributed by atoms with E-state index in [2.05, 4.69) is 61.2 Å². The highest BCUT2D eigenvalue weighted by Crippen LogP contribution is 2.30. The van der Waals surface area contributed by atoms with Gasteiger partial charge in [0.1, 0.15) is 17.8 Å². The van der Waals surface area contributed by atoms with Gasteiger partial charge in [0.05, 0.1) is 29.6 Å². The predicted molar refractivity (Wildman–Crippen MR) is 107 cm³/mol. The van der Waals surface area contributed by atoms with Crippen molar-refractivity contribution in [2.45, 2.75) is 26.1 Å². The number of morpholine rings is 1. The zero-order valence-electron chi connectivity index (χ0n) is 15.8. The van der Waals surface area contributed by atoms with E-state index >= 15 is 0 Å². The molecule has 2 N–H and O–H groups in total. The Labute approximate surface area is 162 Å². The number of fused-ring (bicyclic) bond motifs is 1. The Hall–Kier alpha value is -3.26. The second kappa shape index (κ2) is 6.72. The summed E-state index contributed by atoms with van der Waals surface area (Å²) < 4.78 is 5.84. The number of benzene rings is 1. The molecule has 0 radical (unpaired) electrons. The van der Waals surface area contributed by atoms with Crippen molar-refractivity contribution in [1.82, 2.24) is 30.4 Å². The van der Waals surface area contributed by atoms with Crippen LogP contribution in [0, 0.1) is 0 Å². The van der Waals surface area contributed by atoms with Crippen LogP contribution in [0.25, 0.3) is 33.4 Å². The summed E-state index contributed by atoms with van der Waals surface area (Å²) in [5.74, 6) is 0.897. The molecule has 0 spiro atoms. The van der Waals surface area contributed by atoms with Gasteiger partial charge in [0, 0.05) is 36.3 Å². The van der Waals surface area contributed by atoms with E-state index in [4.69, 9.17) is 4.74 Å². The zero-order valence-corrected chi connectivity index (χ0v) is 15.8. The fraction of sp³-hybridized carbons (Fsp3) is 0.300. The lowest BCUT2D eigenvalue weighted by Crippen LogP contribution is -2.45. The van der Waals surface area contributed by atoms with Gasteiger partial charge in [-0.05, 0) is 31.5 Å². The summed E-state index contributed by atoms with van der Waals surface area (Å²) in [6.45, 7) is 5.80. The third-order valence-electron chi connectivity index (χ3n) is 5.03. The summed E-state index contributed by atoms with van der Waals surface area (Å²) in [6, 6.07) is 8.20. The van der Waals surface area contributed by atoms with Crippen LogP contribution in [0.4, 0.5) is 5.82 Å². The number of anilines is 1. The summed E-state index contributed by atoms with van der Waals surface area (Å²) in [5.41, 5.74) is 4.70. The van der Waals surface area contributed by atoms with Crippen molar-refractivity contribution in [3.05, 3.63) is 43.0 Å². The van der Waals surface area contributed by atoms with Crippen molar-refractivity contribution in [1.29, 1.82) is 0 Å². The van der Waals surface area contributed by atoms with Gasteiger partial charge in [-0.1, -0.05) is 6.07 Å². The summed E-state index contributed by atoms with van der Waals surface area (Å²) >= 11 is 0. The highest BCUT2D eigenvalue weighted by atomic mass is 16.5. The lowest BCUT2D eigenvalue weighted by molar-refractivity contribution is -0.00546. The molecule has 1 fully saturated rings. The van der Waals surface area contributed by atoms with Crippen LogP contribution in [-0.4, -0.2) is 55.7 Å². The van der Waals surface area contributed by atoms with Crippen LogP contribution in [0.1, 0.15) is 13.8 Å². The van der Waals surface area contributed by atoms with Gasteiger partial charge in [0.15, 0.2) is 0 Å². The quantitative estimate of drug-likeness (QED) is 0.571. The van der Waals surface area contributed by atoms with Crippen molar-refractivity contribution in [3.63, 3.8) is 0 Å². The van der Waals surface area contributed by atoms with Gasteiger partial charge in [-0.25, -0.2) is 9.97 Å². The minimum absolute atomic E-state index is 0.172. The monoisotopic (exact) mass is 375 g/mol. The molecule has 8 heteroatoms. The van der Waals surface area contributed by atoms with Gasteiger partial charge in [0.2, 0.25) is 0 Å². The number of nitrogens with one attached hydrogen (secondary N) is 2. The lowest BCUT2D eigenvalue weighted by Gasteiger charge is -2.36. The Bertz CT molecular complexity index is 1090. The minimum Gasteiger partial charge on any atom is -0.372 e. The van der Waals surface area contributed by atoms with E-state index in [1.807, 2.05) is 24.5 Å². The number of hydrogen-bond acceptors (Lipinski definition) is 6. The molecule has 4 heterocycles. The average molecular weight is 375 g/mol. The number of ether oxygens (including phenoxy) is 1. The first-order chi connectivity index (χ1) is 13.7. The second-order valence-corrected chi connectivity index (χ2v) is 7.24. The van der Waals surface area contributed by atoms with Crippen molar-refractivity contribution < 1.29 is 4.74 Å². The fourth-order valence-corrected chi connectivity index (χ4v) is 3.81. The summed E-state index contributed by atoms with van der Waals surface area (Å²) in [5, 5.41) is 15.5. The van der Waals surface area contributed by atoms with Crippen LogP contribution in [0.2, 0.25) is 0 Å². The van der Waals surface area contributed by atoms with E-state index in [0.29, 0.717) is 0 Å². The fourth-order valence-electron chi connectivity index (χ4n) is 3.81. The predicted octanol–water partition coefficient (Wildman–Crippen LogP) is 3.02. The molecule has 0 aliphatic carbocycles. The molecule has 142 valence electrons. The third-order valence-corrected chi connectivity index (χ3v) is 5.03. The number of H-pyrrole nitrogens is 2. The molecule has 8 nitrogen and oxygen atoms in total. The first-order valence-electron chi connectivity index (χ1n) is 9.37. The van der Waals surface area contributed by atoms with Crippen molar-refractivity contribution >= 4 is 16.7 Å². The van der Waals surface area contributed by atoms with E-state index < -0.39 is 0 Å². The topological polar surface area (TPSA) is 95.6 Å².